The number of carbonyl (C=O) groups is 4. The molecule has 2 aliphatic rings. The van der Waals surface area contributed by atoms with Gasteiger partial charge in [-0.25, -0.2) is 9.59 Å². The lowest BCUT2D eigenvalue weighted by molar-refractivity contribution is -0.140. The van der Waals surface area contributed by atoms with Crippen LogP contribution in [0.5, 0.6) is 23.0 Å². The Kier molecular flexibility index (Phi) is 18.7. The van der Waals surface area contributed by atoms with E-state index in [0.29, 0.717) is 66.4 Å². The fourth-order valence-electron chi connectivity index (χ4n) is 6.12. The molecular weight excluding hydrogens is 785 g/mol. The molecule has 0 fully saturated rings. The number of aldehydes is 1. The molecule has 0 saturated carbocycles. The Bertz CT molecular complexity index is 1830. The molecule has 0 bridgehead atoms. The van der Waals surface area contributed by atoms with E-state index in [9.17, 15) is 19.2 Å². The second-order valence-electron chi connectivity index (χ2n) is 16.2. The van der Waals surface area contributed by atoms with E-state index in [1.54, 1.807) is 14.2 Å². The number of nitrogens with two attached hydrogens (primary N) is 2. The van der Waals surface area contributed by atoms with Crippen LogP contribution in [0.3, 0.4) is 0 Å². The van der Waals surface area contributed by atoms with Gasteiger partial charge in [0.1, 0.15) is 53.6 Å². The van der Waals surface area contributed by atoms with Gasteiger partial charge in [0.05, 0.1) is 34.5 Å². The van der Waals surface area contributed by atoms with E-state index in [4.69, 9.17) is 33.2 Å². The molecule has 0 radical (unpaired) electrons. The Morgan fingerprint density at radius 2 is 1.14 bits per heavy atom. The summed E-state index contributed by atoms with van der Waals surface area (Å²) < 4.78 is 38.6. The first kappa shape index (κ1) is 48.7. The molecule has 0 aliphatic carbocycles. The molecule has 2 aromatic carbocycles. The Morgan fingerprint density at radius 3 is 1.49 bits per heavy atom. The highest BCUT2D eigenvalue weighted by molar-refractivity contribution is 7.80. The number of esters is 3. The molecular formula is C41H62N2O11SSi2. The molecule has 57 heavy (non-hydrogen) atoms. The number of ether oxygens (including phenoxy) is 7. The van der Waals surface area contributed by atoms with E-state index in [1.165, 1.54) is 7.11 Å². The molecule has 13 nitrogen and oxygen atoms in total. The molecule has 316 valence electrons. The zero-order valence-corrected chi connectivity index (χ0v) is 38.6. The van der Waals surface area contributed by atoms with Crippen molar-refractivity contribution in [3.05, 3.63) is 56.2 Å². The van der Waals surface area contributed by atoms with Crippen molar-refractivity contribution in [2.45, 2.75) is 111 Å². The van der Waals surface area contributed by atoms with E-state index >= 15 is 0 Å². The van der Waals surface area contributed by atoms with Crippen molar-refractivity contribution in [3.63, 3.8) is 0 Å². The summed E-state index contributed by atoms with van der Waals surface area (Å²) in [6.45, 7) is 21.0. The number of cyclic esters (lactones) is 2. The second kappa shape index (κ2) is 21.9. The first-order valence-electron chi connectivity index (χ1n) is 18.9. The summed E-state index contributed by atoms with van der Waals surface area (Å²) in [7, 11) is 2.03. The number of rotatable bonds is 17. The molecule has 4 rings (SSSR count). The van der Waals surface area contributed by atoms with Crippen LogP contribution in [0.4, 0.5) is 0 Å². The first-order chi connectivity index (χ1) is 26.6. The van der Waals surface area contributed by atoms with Crippen molar-refractivity contribution < 1.29 is 52.3 Å². The minimum Gasteiger partial charge on any atom is -0.496 e. The summed E-state index contributed by atoms with van der Waals surface area (Å²) in [6, 6.07) is 1.95. The van der Waals surface area contributed by atoms with Gasteiger partial charge in [0, 0.05) is 51.2 Å². The summed E-state index contributed by atoms with van der Waals surface area (Å²) in [4.78, 5) is 47.1. The van der Waals surface area contributed by atoms with Crippen molar-refractivity contribution in [3.8, 4) is 23.0 Å². The molecule has 2 aromatic rings. The van der Waals surface area contributed by atoms with Gasteiger partial charge in [0.2, 0.25) is 0 Å². The summed E-state index contributed by atoms with van der Waals surface area (Å²) in [5, 5.41) is 0.000000000000000222. The van der Waals surface area contributed by atoms with E-state index in [1.807, 2.05) is 20.8 Å². The minimum absolute atomic E-state index is 0.000000000000000222. The molecule has 0 amide bonds. The highest BCUT2D eigenvalue weighted by atomic mass is 32.1. The molecule has 4 N–H and O–H groups in total. The molecule has 0 unspecified atom stereocenters. The molecule has 0 spiro atoms. The van der Waals surface area contributed by atoms with E-state index < -0.39 is 16.1 Å². The second-order valence-corrected chi connectivity index (χ2v) is 27.9. The third-order valence-electron chi connectivity index (χ3n) is 9.34. The number of methoxy groups -OCH3 is 3. The summed E-state index contributed by atoms with van der Waals surface area (Å²) in [6.07, 6.45) is 4.50. The highest BCUT2D eigenvalue weighted by Gasteiger charge is 2.35. The monoisotopic (exact) mass is 846 g/mol. The maximum atomic E-state index is 12.5. The Labute approximate surface area is 345 Å². The van der Waals surface area contributed by atoms with Crippen LogP contribution in [-0.2, 0) is 49.9 Å². The van der Waals surface area contributed by atoms with Gasteiger partial charge in [-0.05, 0) is 69.0 Å². The largest absolute Gasteiger partial charge is 0.496 e. The van der Waals surface area contributed by atoms with Crippen LogP contribution in [-0.4, -0.2) is 80.0 Å². The lowest BCUT2D eigenvalue weighted by Crippen LogP contribution is -2.23. The average molecular weight is 847 g/mol. The molecule has 0 aromatic heterocycles. The van der Waals surface area contributed by atoms with Crippen molar-refractivity contribution in [2.75, 3.05) is 34.5 Å². The average Bonchev–Trinajstić information content (AvgIpc) is 3.70. The lowest BCUT2D eigenvalue weighted by atomic mass is 9.94. The van der Waals surface area contributed by atoms with Gasteiger partial charge in [-0.1, -0.05) is 50.9 Å². The molecule has 16 heteroatoms. The third-order valence-corrected chi connectivity index (χ3v) is 12.8. The fraction of sp³-hybridized carbons (Fsp3) is 0.537. The van der Waals surface area contributed by atoms with Crippen LogP contribution in [0.2, 0.25) is 51.4 Å². The third kappa shape index (κ3) is 14.2. The van der Waals surface area contributed by atoms with Crippen molar-refractivity contribution >= 4 is 57.7 Å². The Balaban J connectivity index is 0.000000369. The number of thiocarbonyl (C=S) groups is 1. The maximum absolute atomic E-state index is 12.5. The van der Waals surface area contributed by atoms with Gasteiger partial charge in [0.15, 0.2) is 5.11 Å². The number of hydrogen-bond acceptors (Lipinski definition) is 12. The van der Waals surface area contributed by atoms with Crippen molar-refractivity contribution in [1.82, 2.24) is 0 Å². The van der Waals surface area contributed by atoms with Crippen molar-refractivity contribution in [1.29, 1.82) is 0 Å². The quantitative estimate of drug-likeness (QED) is 0.0408. The Morgan fingerprint density at radius 1 is 0.737 bits per heavy atom. The van der Waals surface area contributed by atoms with Crippen molar-refractivity contribution in [2.24, 2.45) is 11.5 Å². The van der Waals surface area contributed by atoms with Crippen LogP contribution in [0.25, 0.3) is 0 Å². The SMILES string of the molecule is COC(=O)CC/C(C)=C/Cc1c(OC)c(C)c2c(c1OCC[Si](C)(C)C)C(=O)OC2.COc1c(C)c2c(c(OCC[Si](C)(C)C)c1CC=O)C(=O)OC2.NC(N)=S. The number of hydrogen-bond donors (Lipinski definition) is 2. The number of benzene rings is 2. The topological polar surface area (TPSA) is 185 Å². The lowest BCUT2D eigenvalue weighted by Gasteiger charge is -2.21. The molecule has 0 atom stereocenters. The summed E-state index contributed by atoms with van der Waals surface area (Å²) >= 11 is 4.09. The standard InChI is InChI=1S/C23H34O6Si.C17H24O5Si.CH4N2S/c1-15(9-11-19(24)26-3)8-10-17-21(27-4)16(2)18-14-29-23(25)20(18)22(17)28-12-13-30(5,6)7;1-11-13-10-22-17(19)14(13)16(21-8-9-23(3,4)5)12(6-7-18)15(11)20-2;2-1(3)4/h8H,9-14H2,1-7H3;7H,6,8-10H2,1-5H3;(H4,2,3,4)/b15-8+;;. The van der Waals surface area contributed by atoms with Gasteiger partial charge in [-0.15, -0.1) is 0 Å². The molecule has 0 saturated heterocycles. The first-order valence-corrected chi connectivity index (χ1v) is 26.7. The van der Waals surface area contributed by atoms with Gasteiger partial charge in [-0.2, -0.15) is 0 Å². The van der Waals surface area contributed by atoms with Gasteiger partial charge < -0.3 is 49.4 Å². The minimum atomic E-state index is -1.29. The highest BCUT2D eigenvalue weighted by Crippen LogP contribution is 2.44. The fourth-order valence-corrected chi connectivity index (χ4v) is 7.55. The zero-order chi connectivity index (χ0) is 43.2. The number of fused-ring (bicyclic) bond motifs is 2. The summed E-state index contributed by atoms with van der Waals surface area (Å²) in [5.74, 6) is 1.41. The number of allylic oxidation sites excluding steroid dienone is 2. The predicted octanol–water partition coefficient (Wildman–Crippen LogP) is 7.15. The normalized spacial score (nSPS) is 13.1. The zero-order valence-electron chi connectivity index (χ0n) is 35.8. The van der Waals surface area contributed by atoms with Crippen LogP contribution in [0, 0.1) is 13.8 Å². The number of carbonyl (C=O) groups excluding carboxylic acids is 4. The molecule has 2 heterocycles. The molecule has 2 aliphatic heterocycles. The van der Waals surface area contributed by atoms with E-state index in [0.717, 1.165) is 57.5 Å². The smallest absolute Gasteiger partial charge is 0.342 e. The van der Waals surface area contributed by atoms with E-state index in [-0.39, 0.29) is 42.7 Å². The van der Waals surface area contributed by atoms with Gasteiger partial charge in [0.25, 0.3) is 0 Å². The van der Waals surface area contributed by atoms with Gasteiger partial charge >= 0.3 is 17.9 Å². The maximum Gasteiger partial charge on any atom is 0.342 e. The summed E-state index contributed by atoms with van der Waals surface area (Å²) in [5.41, 5.74) is 16.2. The van der Waals surface area contributed by atoms with Crippen LogP contribution >= 0.6 is 12.2 Å². The van der Waals surface area contributed by atoms with Gasteiger partial charge in [-0.3, -0.25) is 4.79 Å². The van der Waals surface area contributed by atoms with Crippen LogP contribution in [0.1, 0.15) is 73.9 Å². The predicted molar refractivity (Wildman–Crippen MR) is 230 cm³/mol. The Hall–Kier alpha value is -4.42. The van der Waals surface area contributed by atoms with E-state index in [2.05, 4.69) is 69.0 Å². The van der Waals surface area contributed by atoms with Crippen LogP contribution in [0.15, 0.2) is 11.6 Å². The van der Waals surface area contributed by atoms with Crippen LogP contribution < -0.4 is 30.4 Å².